The van der Waals surface area contributed by atoms with Crippen molar-refractivity contribution in [2.75, 3.05) is 13.1 Å². The Kier molecular flexibility index (Phi) is 7.32. The topological polar surface area (TPSA) is 87.7 Å². The predicted octanol–water partition coefficient (Wildman–Crippen LogP) is 1.88. The minimum atomic E-state index is -1.15. The summed E-state index contributed by atoms with van der Waals surface area (Å²) < 4.78 is 5.06. The number of aliphatic hydroxyl groups is 1. The number of benzene rings is 1. The molecule has 0 aliphatic rings. The van der Waals surface area contributed by atoms with E-state index in [1.54, 1.807) is 45.0 Å². The van der Waals surface area contributed by atoms with Crippen molar-refractivity contribution in [3.05, 3.63) is 34.9 Å². The van der Waals surface area contributed by atoms with Gasteiger partial charge in [0, 0.05) is 24.5 Å². The van der Waals surface area contributed by atoms with Crippen LogP contribution in [0.5, 0.6) is 0 Å². The first-order chi connectivity index (χ1) is 10.7. The number of ether oxygens (including phenoxy) is 1. The highest BCUT2D eigenvalue weighted by Gasteiger charge is 2.17. The molecule has 0 bridgehead atoms. The second kappa shape index (κ2) is 8.74. The number of hydrogen-bond acceptors (Lipinski definition) is 4. The van der Waals surface area contributed by atoms with Gasteiger partial charge in [0.25, 0.3) is 0 Å². The summed E-state index contributed by atoms with van der Waals surface area (Å²) in [4.78, 5) is 23.2. The van der Waals surface area contributed by atoms with Gasteiger partial charge in [0.15, 0.2) is 0 Å². The molecule has 2 amide bonds. The number of aliphatic hydroxyl groups excluding tert-OH is 1. The summed E-state index contributed by atoms with van der Waals surface area (Å²) in [5.74, 6) is -0.495. The highest BCUT2D eigenvalue weighted by Crippen LogP contribution is 2.11. The fraction of sp³-hybridized carbons (Fsp3) is 0.500. The molecule has 0 heterocycles. The van der Waals surface area contributed by atoms with Crippen molar-refractivity contribution in [2.45, 2.75) is 38.9 Å². The molecule has 0 spiro atoms. The van der Waals surface area contributed by atoms with Gasteiger partial charge in [0.2, 0.25) is 5.91 Å². The summed E-state index contributed by atoms with van der Waals surface area (Å²) in [6.07, 6.45) is -1.51. The summed E-state index contributed by atoms with van der Waals surface area (Å²) in [6.45, 7) is 5.72. The van der Waals surface area contributed by atoms with Gasteiger partial charge in [-0.15, -0.1) is 0 Å². The summed E-state index contributed by atoms with van der Waals surface area (Å²) in [7, 11) is 0. The zero-order valence-electron chi connectivity index (χ0n) is 13.6. The molecule has 1 aromatic carbocycles. The maximum Gasteiger partial charge on any atom is 0.407 e. The van der Waals surface area contributed by atoms with Crippen LogP contribution in [-0.2, 0) is 16.0 Å². The number of carbonyl (C=O) groups excluding carboxylic acids is 2. The van der Waals surface area contributed by atoms with E-state index in [9.17, 15) is 14.7 Å². The molecule has 0 saturated heterocycles. The number of carbonyl (C=O) groups is 2. The first-order valence-electron chi connectivity index (χ1n) is 7.34. The Bertz CT molecular complexity index is 526. The number of alkyl carbamates (subject to hydrolysis) is 1. The molecule has 1 atom stereocenters. The summed E-state index contributed by atoms with van der Waals surface area (Å²) >= 11 is 5.77. The lowest BCUT2D eigenvalue weighted by Crippen LogP contribution is -2.41. The Morgan fingerprint density at radius 3 is 2.30 bits per heavy atom. The molecule has 0 unspecified atom stereocenters. The number of amides is 2. The minimum Gasteiger partial charge on any atom is -0.444 e. The van der Waals surface area contributed by atoms with Crippen LogP contribution in [0.2, 0.25) is 5.02 Å². The van der Waals surface area contributed by atoms with Crippen LogP contribution in [0.4, 0.5) is 4.79 Å². The molecule has 0 aliphatic carbocycles. The first-order valence-corrected chi connectivity index (χ1v) is 7.72. The maximum atomic E-state index is 11.8. The van der Waals surface area contributed by atoms with Gasteiger partial charge in [0.05, 0.1) is 0 Å². The second-order valence-electron chi connectivity index (χ2n) is 6.07. The molecule has 7 heteroatoms. The van der Waals surface area contributed by atoms with Gasteiger partial charge in [0.1, 0.15) is 11.7 Å². The van der Waals surface area contributed by atoms with Gasteiger partial charge in [-0.25, -0.2) is 4.79 Å². The molecule has 1 aromatic rings. The molecule has 23 heavy (non-hydrogen) atoms. The lowest BCUT2D eigenvalue weighted by atomic mass is 10.1. The standard InChI is InChI=1S/C16H23ClN2O4/c1-16(2,3)23-15(22)19-9-8-18-14(21)13(20)10-11-4-6-12(17)7-5-11/h4-7,13,20H,8-10H2,1-3H3,(H,18,21)(H,19,22)/t13-/m0/s1. The van der Waals surface area contributed by atoms with Crippen LogP contribution in [0.15, 0.2) is 24.3 Å². The van der Waals surface area contributed by atoms with Gasteiger partial charge >= 0.3 is 6.09 Å². The molecule has 128 valence electrons. The largest absolute Gasteiger partial charge is 0.444 e. The van der Waals surface area contributed by atoms with E-state index in [0.717, 1.165) is 5.56 Å². The molecule has 1 rings (SSSR count). The highest BCUT2D eigenvalue weighted by molar-refractivity contribution is 6.30. The van der Waals surface area contributed by atoms with Gasteiger partial charge in [-0.2, -0.15) is 0 Å². The summed E-state index contributed by atoms with van der Waals surface area (Å²) in [5.41, 5.74) is 0.242. The Labute approximate surface area is 141 Å². The molecule has 0 aliphatic heterocycles. The molecule has 0 aromatic heterocycles. The normalized spacial score (nSPS) is 12.4. The van der Waals surface area contributed by atoms with Crippen molar-refractivity contribution in [1.82, 2.24) is 10.6 Å². The Morgan fingerprint density at radius 2 is 1.74 bits per heavy atom. The SMILES string of the molecule is CC(C)(C)OC(=O)NCCNC(=O)[C@@H](O)Cc1ccc(Cl)cc1. The third-order valence-electron chi connectivity index (χ3n) is 2.74. The maximum absolute atomic E-state index is 11.8. The monoisotopic (exact) mass is 342 g/mol. The molecule has 0 fully saturated rings. The van der Waals surface area contributed by atoms with Gasteiger partial charge in [-0.3, -0.25) is 4.79 Å². The van der Waals surface area contributed by atoms with Crippen molar-refractivity contribution < 1.29 is 19.4 Å². The second-order valence-corrected chi connectivity index (χ2v) is 6.50. The first kappa shape index (κ1) is 19.3. The zero-order valence-corrected chi connectivity index (χ0v) is 14.3. The van der Waals surface area contributed by atoms with E-state index in [2.05, 4.69) is 10.6 Å². The van der Waals surface area contributed by atoms with Crippen molar-refractivity contribution in [3.63, 3.8) is 0 Å². The van der Waals surface area contributed by atoms with E-state index < -0.39 is 23.7 Å². The molecule has 0 radical (unpaired) electrons. The molecular weight excluding hydrogens is 320 g/mol. The Morgan fingerprint density at radius 1 is 1.17 bits per heavy atom. The lowest BCUT2D eigenvalue weighted by Gasteiger charge is -2.19. The van der Waals surface area contributed by atoms with E-state index in [-0.39, 0.29) is 19.5 Å². The summed E-state index contributed by atoms with van der Waals surface area (Å²) in [5, 5.41) is 15.5. The number of nitrogens with one attached hydrogen (secondary N) is 2. The van der Waals surface area contributed by atoms with Crippen LogP contribution in [-0.4, -0.2) is 41.9 Å². The minimum absolute atomic E-state index is 0.197. The van der Waals surface area contributed by atoms with Gasteiger partial charge in [-0.1, -0.05) is 23.7 Å². The Hall–Kier alpha value is -1.79. The average molecular weight is 343 g/mol. The fourth-order valence-electron chi connectivity index (χ4n) is 1.72. The average Bonchev–Trinajstić information content (AvgIpc) is 2.44. The van der Waals surface area contributed by atoms with Crippen LogP contribution in [0.3, 0.4) is 0 Å². The van der Waals surface area contributed by atoms with Crippen LogP contribution in [0.1, 0.15) is 26.3 Å². The fourth-order valence-corrected chi connectivity index (χ4v) is 1.84. The smallest absolute Gasteiger partial charge is 0.407 e. The molecule has 0 saturated carbocycles. The highest BCUT2D eigenvalue weighted by atomic mass is 35.5. The third kappa shape index (κ3) is 8.42. The molecular formula is C16H23ClN2O4. The Balaban J connectivity index is 2.25. The van der Waals surface area contributed by atoms with E-state index in [0.29, 0.717) is 5.02 Å². The van der Waals surface area contributed by atoms with Crippen molar-refractivity contribution in [1.29, 1.82) is 0 Å². The quantitative estimate of drug-likeness (QED) is 0.689. The summed E-state index contributed by atoms with van der Waals surface area (Å²) in [6, 6.07) is 6.91. The van der Waals surface area contributed by atoms with Crippen LogP contribution in [0, 0.1) is 0 Å². The molecule has 3 N–H and O–H groups in total. The zero-order chi connectivity index (χ0) is 17.5. The third-order valence-corrected chi connectivity index (χ3v) is 2.99. The van der Waals surface area contributed by atoms with E-state index in [1.165, 1.54) is 0 Å². The van der Waals surface area contributed by atoms with Crippen molar-refractivity contribution >= 4 is 23.6 Å². The number of halogens is 1. The van der Waals surface area contributed by atoms with Crippen molar-refractivity contribution in [2.24, 2.45) is 0 Å². The van der Waals surface area contributed by atoms with Crippen molar-refractivity contribution in [3.8, 4) is 0 Å². The molecule has 6 nitrogen and oxygen atoms in total. The van der Waals surface area contributed by atoms with E-state index in [4.69, 9.17) is 16.3 Å². The van der Waals surface area contributed by atoms with E-state index >= 15 is 0 Å². The number of hydrogen-bond donors (Lipinski definition) is 3. The van der Waals surface area contributed by atoms with Crippen LogP contribution in [0.25, 0.3) is 0 Å². The van der Waals surface area contributed by atoms with Crippen LogP contribution < -0.4 is 10.6 Å². The lowest BCUT2D eigenvalue weighted by molar-refractivity contribution is -0.129. The predicted molar refractivity (Wildman–Crippen MR) is 88.4 cm³/mol. The van der Waals surface area contributed by atoms with E-state index in [1.807, 2.05) is 0 Å². The van der Waals surface area contributed by atoms with Gasteiger partial charge < -0.3 is 20.5 Å². The van der Waals surface area contributed by atoms with Crippen LogP contribution >= 0.6 is 11.6 Å². The number of rotatable bonds is 6. The van der Waals surface area contributed by atoms with Gasteiger partial charge in [-0.05, 0) is 38.5 Å².